The van der Waals surface area contributed by atoms with Gasteiger partial charge in [0.1, 0.15) is 12.0 Å². The zero-order valence-corrected chi connectivity index (χ0v) is 14.6. The first kappa shape index (κ1) is 20.5. The summed E-state index contributed by atoms with van der Waals surface area (Å²) in [5.41, 5.74) is 0.936. The summed E-state index contributed by atoms with van der Waals surface area (Å²) in [5.74, 6) is -1.43. The predicted molar refractivity (Wildman–Crippen MR) is 99.3 cm³/mol. The van der Waals surface area contributed by atoms with Crippen molar-refractivity contribution in [3.05, 3.63) is 70.0 Å². The summed E-state index contributed by atoms with van der Waals surface area (Å²) in [6.07, 6.45) is 1.34. The third-order valence-electron chi connectivity index (χ3n) is 3.41. The van der Waals surface area contributed by atoms with E-state index in [0.29, 0.717) is 13.0 Å². The molecular formula is C18H17FN4O5. The van der Waals surface area contributed by atoms with E-state index in [-0.39, 0.29) is 23.8 Å². The number of benzene rings is 2. The number of hydrogen-bond donors (Lipinski definition) is 2. The Hall–Kier alpha value is -3.82. The van der Waals surface area contributed by atoms with E-state index in [1.54, 1.807) is 12.1 Å². The SMILES string of the molecule is O=C(/C=N\OCC(=O)NCCc1ccc(F)cc1)Nc1cccc([N+](=O)[O-])c1. The second-order valence-electron chi connectivity index (χ2n) is 5.53. The zero-order valence-electron chi connectivity index (χ0n) is 14.6. The summed E-state index contributed by atoms with van der Waals surface area (Å²) >= 11 is 0. The fourth-order valence-electron chi connectivity index (χ4n) is 2.10. The number of hydrogen-bond acceptors (Lipinski definition) is 6. The van der Waals surface area contributed by atoms with Crippen LogP contribution in [-0.2, 0) is 20.8 Å². The molecule has 0 radical (unpaired) electrons. The van der Waals surface area contributed by atoms with Gasteiger partial charge in [-0.25, -0.2) is 4.39 Å². The fourth-order valence-corrected chi connectivity index (χ4v) is 2.10. The normalized spacial score (nSPS) is 10.5. The molecule has 0 aromatic heterocycles. The summed E-state index contributed by atoms with van der Waals surface area (Å²) < 4.78 is 12.8. The van der Waals surface area contributed by atoms with Crippen LogP contribution >= 0.6 is 0 Å². The maximum absolute atomic E-state index is 12.8. The highest BCUT2D eigenvalue weighted by atomic mass is 19.1. The predicted octanol–water partition coefficient (Wildman–Crippen LogP) is 2.03. The Morgan fingerprint density at radius 3 is 2.68 bits per heavy atom. The van der Waals surface area contributed by atoms with Crippen molar-refractivity contribution in [3.8, 4) is 0 Å². The number of halogens is 1. The van der Waals surface area contributed by atoms with E-state index >= 15 is 0 Å². The lowest BCUT2D eigenvalue weighted by Gasteiger charge is -2.04. The molecule has 2 aromatic carbocycles. The third-order valence-corrected chi connectivity index (χ3v) is 3.41. The van der Waals surface area contributed by atoms with Crippen LogP contribution in [0.3, 0.4) is 0 Å². The van der Waals surface area contributed by atoms with Gasteiger partial charge in [0.05, 0.1) is 4.92 Å². The van der Waals surface area contributed by atoms with Crippen molar-refractivity contribution in [2.45, 2.75) is 6.42 Å². The number of carbonyl (C=O) groups is 2. The molecular weight excluding hydrogens is 371 g/mol. The first-order valence-corrected chi connectivity index (χ1v) is 8.16. The molecule has 146 valence electrons. The van der Waals surface area contributed by atoms with Crippen LogP contribution < -0.4 is 10.6 Å². The molecule has 10 heteroatoms. The summed E-state index contributed by atoms with van der Waals surface area (Å²) in [6, 6.07) is 11.3. The molecule has 0 saturated carbocycles. The number of amides is 2. The molecule has 0 saturated heterocycles. The number of nitrogens with zero attached hydrogens (tertiary/aromatic N) is 2. The van der Waals surface area contributed by atoms with Crippen LogP contribution in [0.4, 0.5) is 15.8 Å². The van der Waals surface area contributed by atoms with Gasteiger partial charge >= 0.3 is 0 Å². The minimum atomic E-state index is -0.669. The number of rotatable bonds is 9. The second-order valence-corrected chi connectivity index (χ2v) is 5.53. The maximum Gasteiger partial charge on any atom is 0.271 e. The van der Waals surface area contributed by atoms with E-state index in [9.17, 15) is 24.1 Å². The fraction of sp³-hybridized carbons (Fsp3) is 0.167. The molecule has 0 aliphatic carbocycles. The summed E-state index contributed by atoms with van der Waals surface area (Å²) in [5, 5.41) is 19.0. The van der Waals surface area contributed by atoms with Crippen LogP contribution in [0.1, 0.15) is 5.56 Å². The number of nitro groups is 1. The average Bonchev–Trinajstić information content (AvgIpc) is 2.67. The number of non-ortho nitro benzene ring substituents is 1. The second kappa shape index (κ2) is 10.4. The Morgan fingerprint density at radius 2 is 1.96 bits per heavy atom. The van der Waals surface area contributed by atoms with Gasteiger partial charge in [0.2, 0.25) is 0 Å². The third kappa shape index (κ3) is 7.20. The standard InChI is InChI=1S/C18H17FN4O5/c19-14-6-4-13(5-7-14)8-9-20-18(25)12-28-21-11-17(24)22-15-2-1-3-16(10-15)23(26)27/h1-7,10-11H,8-9,12H2,(H,20,25)(H,22,24)/b21-11-. The highest BCUT2D eigenvalue weighted by molar-refractivity contribution is 6.31. The van der Waals surface area contributed by atoms with Gasteiger partial charge in [-0.3, -0.25) is 19.7 Å². The quantitative estimate of drug-likeness (QED) is 0.387. The Balaban J connectivity index is 1.66. The van der Waals surface area contributed by atoms with Crippen molar-refractivity contribution in [1.29, 1.82) is 0 Å². The topological polar surface area (TPSA) is 123 Å². The molecule has 2 amide bonds. The van der Waals surface area contributed by atoms with Crippen LogP contribution in [0.2, 0.25) is 0 Å². The molecule has 0 spiro atoms. The van der Waals surface area contributed by atoms with Gasteiger partial charge in [0.15, 0.2) is 6.61 Å². The van der Waals surface area contributed by atoms with E-state index in [2.05, 4.69) is 15.8 Å². The van der Waals surface area contributed by atoms with Crippen LogP contribution in [0, 0.1) is 15.9 Å². The molecule has 0 aliphatic rings. The van der Waals surface area contributed by atoms with Gasteiger partial charge in [0.25, 0.3) is 17.5 Å². The van der Waals surface area contributed by atoms with E-state index < -0.39 is 16.7 Å². The summed E-state index contributed by atoms with van der Waals surface area (Å²) in [4.78, 5) is 38.1. The van der Waals surface area contributed by atoms with Gasteiger partial charge in [0, 0.05) is 24.4 Å². The number of anilines is 1. The number of nitro benzene ring substituents is 1. The molecule has 0 fully saturated rings. The minimum Gasteiger partial charge on any atom is -0.386 e. The lowest BCUT2D eigenvalue weighted by Crippen LogP contribution is -2.29. The van der Waals surface area contributed by atoms with Gasteiger partial charge in [-0.1, -0.05) is 23.4 Å². The number of oxime groups is 1. The van der Waals surface area contributed by atoms with Crippen molar-refractivity contribution in [2.75, 3.05) is 18.5 Å². The lowest BCUT2D eigenvalue weighted by atomic mass is 10.1. The number of nitrogens with one attached hydrogen (secondary N) is 2. The molecule has 0 unspecified atom stereocenters. The molecule has 2 rings (SSSR count). The van der Waals surface area contributed by atoms with Crippen molar-refractivity contribution in [1.82, 2.24) is 5.32 Å². The smallest absolute Gasteiger partial charge is 0.271 e. The van der Waals surface area contributed by atoms with Gasteiger partial charge < -0.3 is 15.5 Å². The van der Waals surface area contributed by atoms with Crippen LogP contribution in [0.15, 0.2) is 53.7 Å². The zero-order chi connectivity index (χ0) is 20.4. The Kier molecular flexibility index (Phi) is 7.58. The molecule has 28 heavy (non-hydrogen) atoms. The van der Waals surface area contributed by atoms with Crippen molar-refractivity contribution in [2.24, 2.45) is 5.16 Å². The van der Waals surface area contributed by atoms with Crippen LogP contribution in [-0.4, -0.2) is 36.1 Å². The first-order chi connectivity index (χ1) is 13.4. The first-order valence-electron chi connectivity index (χ1n) is 8.16. The molecule has 2 aromatic rings. The van der Waals surface area contributed by atoms with Crippen molar-refractivity contribution in [3.63, 3.8) is 0 Å². The number of carbonyl (C=O) groups excluding carboxylic acids is 2. The molecule has 0 heterocycles. The van der Waals surface area contributed by atoms with E-state index in [4.69, 9.17) is 4.84 Å². The Bertz CT molecular complexity index is 871. The van der Waals surface area contributed by atoms with E-state index in [0.717, 1.165) is 11.8 Å². The van der Waals surface area contributed by atoms with Gasteiger partial charge in [-0.05, 0) is 30.2 Å². The monoisotopic (exact) mass is 388 g/mol. The summed E-state index contributed by atoms with van der Waals surface area (Å²) in [7, 11) is 0. The van der Waals surface area contributed by atoms with E-state index in [1.807, 2.05) is 0 Å². The lowest BCUT2D eigenvalue weighted by molar-refractivity contribution is -0.384. The molecule has 0 bridgehead atoms. The highest BCUT2D eigenvalue weighted by Gasteiger charge is 2.07. The van der Waals surface area contributed by atoms with E-state index in [1.165, 1.54) is 36.4 Å². The molecule has 9 nitrogen and oxygen atoms in total. The highest BCUT2D eigenvalue weighted by Crippen LogP contribution is 2.16. The molecule has 0 aliphatic heterocycles. The summed E-state index contributed by atoms with van der Waals surface area (Å²) in [6.45, 7) is -0.0468. The Labute approximate surface area is 159 Å². The van der Waals surface area contributed by atoms with Gasteiger partial charge in [-0.2, -0.15) is 0 Å². The van der Waals surface area contributed by atoms with Crippen LogP contribution in [0.5, 0.6) is 0 Å². The largest absolute Gasteiger partial charge is 0.386 e. The van der Waals surface area contributed by atoms with Crippen molar-refractivity contribution >= 4 is 29.4 Å². The molecule has 0 atom stereocenters. The van der Waals surface area contributed by atoms with Crippen LogP contribution in [0.25, 0.3) is 0 Å². The minimum absolute atomic E-state index is 0.164. The molecule has 2 N–H and O–H groups in total. The Morgan fingerprint density at radius 1 is 1.21 bits per heavy atom. The average molecular weight is 388 g/mol. The van der Waals surface area contributed by atoms with Crippen molar-refractivity contribution < 1.29 is 23.7 Å². The van der Waals surface area contributed by atoms with Gasteiger partial charge in [-0.15, -0.1) is 0 Å². The maximum atomic E-state index is 12.8.